The molecule has 4 rings (SSSR count). The zero-order valence-corrected chi connectivity index (χ0v) is 18.3. The summed E-state index contributed by atoms with van der Waals surface area (Å²) in [5.74, 6) is 8.54. The fraction of sp³-hybridized carbons (Fsp3) is 1.00. The average Bonchev–Trinajstić information content (AvgIpc) is 2.94. The monoisotopic (exact) mass is 360 g/mol. The Bertz CT molecular complexity index is 471. The van der Waals surface area contributed by atoms with E-state index in [0.717, 1.165) is 47.3 Å². The van der Waals surface area contributed by atoms with Crippen molar-refractivity contribution in [1.29, 1.82) is 0 Å². The minimum Gasteiger partial charge on any atom is -0.0628 e. The molecule has 0 amide bonds. The molecule has 0 spiro atoms. The smallest absolute Gasteiger partial charge is 0 e. The van der Waals surface area contributed by atoms with E-state index >= 15 is 0 Å². The third-order valence-corrected chi connectivity index (χ3v) is 10.00. The normalized spacial score (nSPS) is 48.1. The Morgan fingerprint density at radius 3 is 2.50 bits per heavy atom. The molecule has 0 saturated heterocycles. The molecule has 0 N–H and O–H groups in total. The lowest BCUT2D eigenvalue weighted by Crippen LogP contribution is -2.48. The zero-order valence-electron chi connectivity index (χ0n) is 18.3. The molecule has 0 aromatic heterocycles. The summed E-state index contributed by atoms with van der Waals surface area (Å²) in [6.07, 6.45) is 20.1. The maximum absolute atomic E-state index is 2.74. The van der Waals surface area contributed by atoms with Crippen molar-refractivity contribution in [3.63, 3.8) is 0 Å². The van der Waals surface area contributed by atoms with Gasteiger partial charge in [-0.05, 0) is 111 Å². The van der Waals surface area contributed by atoms with Crippen molar-refractivity contribution in [1.82, 2.24) is 0 Å². The first-order valence-electron chi connectivity index (χ1n) is 12.5. The summed E-state index contributed by atoms with van der Waals surface area (Å²) in [4.78, 5) is 0. The Hall–Kier alpha value is 0. The molecule has 0 aromatic rings. The SMILES string of the molecule is CC(C)CCCCC1CCC2C3CCC4CC(C)CCC4C3CCC12C.[HH]. The molecule has 0 radical (unpaired) electrons. The lowest BCUT2D eigenvalue weighted by atomic mass is 9.49. The molecular weight excluding hydrogens is 312 g/mol. The molecule has 0 bridgehead atoms. The van der Waals surface area contributed by atoms with Crippen LogP contribution in [0.3, 0.4) is 0 Å². The topological polar surface area (TPSA) is 0 Å². The summed E-state index contributed by atoms with van der Waals surface area (Å²) < 4.78 is 0. The third-order valence-electron chi connectivity index (χ3n) is 10.00. The highest BCUT2D eigenvalue weighted by atomic mass is 14.6. The minimum atomic E-state index is 0. The van der Waals surface area contributed by atoms with Gasteiger partial charge in [0.25, 0.3) is 0 Å². The van der Waals surface area contributed by atoms with Crippen LogP contribution in [0.5, 0.6) is 0 Å². The van der Waals surface area contributed by atoms with Crippen LogP contribution in [0.25, 0.3) is 0 Å². The predicted molar refractivity (Wildman–Crippen MR) is 115 cm³/mol. The van der Waals surface area contributed by atoms with E-state index in [0.29, 0.717) is 5.41 Å². The van der Waals surface area contributed by atoms with Gasteiger partial charge in [-0.3, -0.25) is 0 Å². The average molecular weight is 361 g/mol. The van der Waals surface area contributed by atoms with E-state index < -0.39 is 0 Å². The summed E-state index contributed by atoms with van der Waals surface area (Å²) >= 11 is 0. The fourth-order valence-electron chi connectivity index (χ4n) is 8.61. The van der Waals surface area contributed by atoms with Gasteiger partial charge in [-0.2, -0.15) is 0 Å². The Morgan fingerprint density at radius 1 is 0.885 bits per heavy atom. The van der Waals surface area contributed by atoms with E-state index in [2.05, 4.69) is 27.7 Å². The van der Waals surface area contributed by atoms with Crippen LogP contribution in [0.2, 0.25) is 0 Å². The first kappa shape index (κ1) is 19.3. The van der Waals surface area contributed by atoms with Crippen LogP contribution < -0.4 is 0 Å². The summed E-state index contributed by atoms with van der Waals surface area (Å²) in [6, 6.07) is 0. The summed E-state index contributed by atoms with van der Waals surface area (Å²) in [7, 11) is 0. The van der Waals surface area contributed by atoms with Crippen molar-refractivity contribution in [2.75, 3.05) is 0 Å². The van der Waals surface area contributed by atoms with E-state index in [1.165, 1.54) is 25.7 Å². The van der Waals surface area contributed by atoms with Crippen LogP contribution >= 0.6 is 0 Å². The molecule has 4 aliphatic carbocycles. The van der Waals surface area contributed by atoms with E-state index in [1.54, 1.807) is 57.8 Å². The molecule has 0 heterocycles. The predicted octanol–water partition coefficient (Wildman–Crippen LogP) is 8.35. The molecule has 26 heavy (non-hydrogen) atoms. The molecular formula is C26H48. The molecule has 0 aromatic carbocycles. The van der Waals surface area contributed by atoms with E-state index in [-0.39, 0.29) is 1.43 Å². The quantitative estimate of drug-likeness (QED) is 0.432. The molecule has 0 nitrogen and oxygen atoms in total. The standard InChI is InChI=1S/C26H46.H2/c1-18(2)7-5-6-8-21-11-14-25-24-13-10-20-17-19(3)9-12-22(20)23(24)15-16-26(21,25)4;/h18-25H,5-17H2,1-4H3;1H. The summed E-state index contributed by atoms with van der Waals surface area (Å²) in [5.41, 5.74) is 0.716. The molecule has 4 aliphatic rings. The molecule has 8 unspecified atom stereocenters. The van der Waals surface area contributed by atoms with Crippen molar-refractivity contribution in [3.8, 4) is 0 Å². The molecule has 8 atom stereocenters. The highest BCUT2D eigenvalue weighted by Gasteiger charge is 2.56. The molecule has 0 heteroatoms. The molecule has 4 saturated carbocycles. The fourth-order valence-corrected chi connectivity index (χ4v) is 8.61. The van der Waals surface area contributed by atoms with Crippen molar-refractivity contribution in [3.05, 3.63) is 0 Å². The molecule has 0 aliphatic heterocycles. The van der Waals surface area contributed by atoms with Crippen molar-refractivity contribution >= 4 is 0 Å². The summed E-state index contributed by atoms with van der Waals surface area (Å²) in [5, 5.41) is 0. The van der Waals surface area contributed by atoms with Crippen molar-refractivity contribution < 1.29 is 1.43 Å². The number of rotatable bonds is 5. The van der Waals surface area contributed by atoms with Gasteiger partial charge in [0.2, 0.25) is 0 Å². The van der Waals surface area contributed by atoms with Gasteiger partial charge < -0.3 is 0 Å². The number of hydrogen-bond acceptors (Lipinski definition) is 0. The first-order chi connectivity index (χ1) is 12.5. The lowest BCUT2D eigenvalue weighted by molar-refractivity contribution is -0.0679. The zero-order chi connectivity index (χ0) is 18.3. The van der Waals surface area contributed by atoms with Gasteiger partial charge >= 0.3 is 0 Å². The Morgan fingerprint density at radius 2 is 1.69 bits per heavy atom. The Labute approximate surface area is 165 Å². The van der Waals surface area contributed by atoms with Gasteiger partial charge in [-0.25, -0.2) is 0 Å². The second-order valence-electron chi connectivity index (χ2n) is 11.9. The van der Waals surface area contributed by atoms with Gasteiger partial charge in [-0.15, -0.1) is 0 Å². The van der Waals surface area contributed by atoms with Gasteiger partial charge in [0.05, 0.1) is 0 Å². The van der Waals surface area contributed by atoms with Crippen LogP contribution in [0, 0.1) is 52.8 Å². The van der Waals surface area contributed by atoms with Gasteiger partial charge in [0, 0.05) is 1.43 Å². The van der Waals surface area contributed by atoms with Crippen LogP contribution in [0.4, 0.5) is 0 Å². The molecule has 4 fully saturated rings. The van der Waals surface area contributed by atoms with Crippen molar-refractivity contribution in [2.45, 2.75) is 111 Å². The lowest BCUT2D eigenvalue weighted by Gasteiger charge is -2.56. The second kappa shape index (κ2) is 7.79. The van der Waals surface area contributed by atoms with Gasteiger partial charge in [0.1, 0.15) is 0 Å². The summed E-state index contributed by atoms with van der Waals surface area (Å²) in [6.45, 7) is 10.0. The second-order valence-corrected chi connectivity index (χ2v) is 11.9. The maximum atomic E-state index is 2.74. The van der Waals surface area contributed by atoms with E-state index in [4.69, 9.17) is 0 Å². The first-order valence-corrected chi connectivity index (χ1v) is 12.5. The van der Waals surface area contributed by atoms with Crippen LogP contribution in [0.15, 0.2) is 0 Å². The Kier molecular flexibility index (Phi) is 5.79. The van der Waals surface area contributed by atoms with Crippen LogP contribution in [-0.2, 0) is 0 Å². The van der Waals surface area contributed by atoms with E-state index in [1.807, 2.05) is 0 Å². The van der Waals surface area contributed by atoms with Crippen LogP contribution in [0.1, 0.15) is 113 Å². The highest BCUT2D eigenvalue weighted by molar-refractivity contribution is 5.05. The molecule has 152 valence electrons. The number of unbranched alkanes of at least 4 members (excludes halogenated alkanes) is 1. The maximum Gasteiger partial charge on any atom is 0 e. The Balaban J connectivity index is 0.00000210. The third kappa shape index (κ3) is 3.53. The van der Waals surface area contributed by atoms with E-state index in [9.17, 15) is 0 Å². The number of hydrogen-bond donors (Lipinski definition) is 0. The highest BCUT2D eigenvalue weighted by Crippen LogP contribution is 2.65. The van der Waals surface area contributed by atoms with Crippen molar-refractivity contribution in [2.24, 2.45) is 52.8 Å². The van der Waals surface area contributed by atoms with Crippen LogP contribution in [-0.4, -0.2) is 0 Å². The number of fused-ring (bicyclic) bond motifs is 5. The van der Waals surface area contributed by atoms with Gasteiger partial charge in [0.15, 0.2) is 0 Å². The largest absolute Gasteiger partial charge is 0.0628 e. The van der Waals surface area contributed by atoms with Gasteiger partial charge in [-0.1, -0.05) is 53.4 Å². The minimum absolute atomic E-state index is 0.